The number of nitrogens with zero attached hydrogens (tertiary/aromatic N) is 3. The van der Waals surface area contributed by atoms with E-state index in [1.165, 1.54) is 0 Å². The smallest absolute Gasteiger partial charge is 0.0853 e. The van der Waals surface area contributed by atoms with Crippen LogP contribution in [0.5, 0.6) is 0 Å². The molecule has 0 unspecified atom stereocenters. The van der Waals surface area contributed by atoms with Gasteiger partial charge in [0.05, 0.1) is 22.6 Å². The Balaban J connectivity index is 2.30. The topological polar surface area (TPSA) is 42.7 Å². The van der Waals surface area contributed by atoms with Crippen molar-refractivity contribution in [1.82, 2.24) is 20.3 Å². The van der Waals surface area contributed by atoms with Crippen LogP contribution < -0.4 is 5.32 Å². The molecule has 0 saturated heterocycles. The highest BCUT2D eigenvalue weighted by Gasteiger charge is 2.09. The van der Waals surface area contributed by atoms with Crippen LogP contribution in [0, 0.1) is 6.92 Å². The summed E-state index contributed by atoms with van der Waals surface area (Å²) in [5.74, 6) is 0. The van der Waals surface area contributed by atoms with Crippen molar-refractivity contribution in [1.29, 1.82) is 0 Å². The highest BCUT2D eigenvalue weighted by molar-refractivity contribution is 6.32. The van der Waals surface area contributed by atoms with Gasteiger partial charge in [-0.25, -0.2) is 4.68 Å². The second-order valence-corrected chi connectivity index (χ2v) is 5.03. The van der Waals surface area contributed by atoms with E-state index < -0.39 is 0 Å². The van der Waals surface area contributed by atoms with E-state index in [1.807, 2.05) is 25.1 Å². The molecule has 5 heteroatoms. The predicted molar refractivity (Wildman–Crippen MR) is 73.1 cm³/mol. The molecule has 0 saturated carbocycles. The standard InChI is InChI=1S/C13H17ClN4/c1-9(2)15-7-11-8-16-17-18(11)13-5-4-10(3)6-12(13)14/h4-6,8-9,15H,7H2,1-3H3. The van der Waals surface area contributed by atoms with Gasteiger partial charge >= 0.3 is 0 Å². The lowest BCUT2D eigenvalue weighted by Crippen LogP contribution is -2.23. The van der Waals surface area contributed by atoms with E-state index in [0.717, 1.165) is 23.5 Å². The highest BCUT2D eigenvalue weighted by Crippen LogP contribution is 2.22. The van der Waals surface area contributed by atoms with Crippen molar-refractivity contribution in [3.8, 4) is 5.69 Å². The zero-order chi connectivity index (χ0) is 13.1. The van der Waals surface area contributed by atoms with E-state index >= 15 is 0 Å². The van der Waals surface area contributed by atoms with Gasteiger partial charge in [0.1, 0.15) is 0 Å². The molecule has 0 radical (unpaired) electrons. The fourth-order valence-electron chi connectivity index (χ4n) is 1.67. The van der Waals surface area contributed by atoms with Crippen LogP contribution in [0.15, 0.2) is 24.4 Å². The first kappa shape index (κ1) is 13.1. The minimum atomic E-state index is 0.418. The fourth-order valence-corrected chi connectivity index (χ4v) is 1.99. The van der Waals surface area contributed by atoms with Crippen LogP contribution in [0.2, 0.25) is 5.02 Å². The molecule has 0 aliphatic heterocycles. The number of hydrogen-bond donors (Lipinski definition) is 1. The third-order valence-electron chi connectivity index (χ3n) is 2.64. The molecular formula is C13H17ClN4. The number of hydrogen-bond acceptors (Lipinski definition) is 3. The third kappa shape index (κ3) is 2.89. The summed E-state index contributed by atoms with van der Waals surface area (Å²) in [6.07, 6.45) is 1.76. The van der Waals surface area contributed by atoms with Gasteiger partial charge in [-0.05, 0) is 24.6 Å². The highest BCUT2D eigenvalue weighted by atomic mass is 35.5. The van der Waals surface area contributed by atoms with Crippen LogP contribution in [0.4, 0.5) is 0 Å². The lowest BCUT2D eigenvalue weighted by atomic mass is 10.2. The van der Waals surface area contributed by atoms with Gasteiger partial charge in [0.2, 0.25) is 0 Å². The third-order valence-corrected chi connectivity index (χ3v) is 2.95. The number of rotatable bonds is 4. The van der Waals surface area contributed by atoms with Gasteiger partial charge in [-0.15, -0.1) is 5.10 Å². The molecule has 0 atom stereocenters. The number of aromatic nitrogens is 3. The van der Waals surface area contributed by atoms with Crippen molar-refractivity contribution >= 4 is 11.6 Å². The van der Waals surface area contributed by atoms with Gasteiger partial charge in [0.15, 0.2) is 0 Å². The van der Waals surface area contributed by atoms with Gasteiger partial charge in [-0.1, -0.05) is 36.7 Å². The molecule has 18 heavy (non-hydrogen) atoms. The Morgan fingerprint density at radius 3 is 2.83 bits per heavy atom. The Labute approximate surface area is 112 Å². The van der Waals surface area contributed by atoms with Gasteiger partial charge in [0.25, 0.3) is 0 Å². The zero-order valence-electron chi connectivity index (χ0n) is 10.8. The van der Waals surface area contributed by atoms with Crippen molar-refractivity contribution in [2.75, 3.05) is 0 Å². The van der Waals surface area contributed by atoms with Crippen LogP contribution in [0.3, 0.4) is 0 Å². The molecule has 2 rings (SSSR count). The molecule has 0 spiro atoms. The Morgan fingerprint density at radius 1 is 1.39 bits per heavy atom. The minimum absolute atomic E-state index is 0.418. The van der Waals surface area contributed by atoms with E-state index in [2.05, 4.69) is 29.5 Å². The summed E-state index contributed by atoms with van der Waals surface area (Å²) in [7, 11) is 0. The second kappa shape index (κ2) is 5.50. The van der Waals surface area contributed by atoms with E-state index in [4.69, 9.17) is 11.6 Å². The molecule has 1 heterocycles. The summed E-state index contributed by atoms with van der Waals surface area (Å²) in [4.78, 5) is 0. The molecule has 0 fully saturated rings. The monoisotopic (exact) mass is 264 g/mol. The molecule has 0 aliphatic rings. The molecule has 1 N–H and O–H groups in total. The summed E-state index contributed by atoms with van der Waals surface area (Å²) in [5.41, 5.74) is 2.99. The number of halogens is 1. The molecule has 0 amide bonds. The average Bonchev–Trinajstić information content (AvgIpc) is 2.74. The quantitative estimate of drug-likeness (QED) is 0.923. The Kier molecular flexibility index (Phi) is 3.99. The summed E-state index contributed by atoms with van der Waals surface area (Å²) in [6.45, 7) is 6.94. The van der Waals surface area contributed by atoms with Crippen LogP contribution in [0.1, 0.15) is 25.1 Å². The average molecular weight is 265 g/mol. The molecule has 96 valence electrons. The summed E-state index contributed by atoms with van der Waals surface area (Å²) >= 11 is 6.25. The summed E-state index contributed by atoms with van der Waals surface area (Å²) < 4.78 is 1.77. The van der Waals surface area contributed by atoms with Crippen molar-refractivity contribution in [3.05, 3.63) is 40.7 Å². The number of benzene rings is 1. The first-order valence-electron chi connectivity index (χ1n) is 5.97. The lowest BCUT2D eigenvalue weighted by Gasteiger charge is -2.11. The van der Waals surface area contributed by atoms with E-state index in [9.17, 15) is 0 Å². The van der Waals surface area contributed by atoms with Crippen LogP contribution >= 0.6 is 11.6 Å². The van der Waals surface area contributed by atoms with E-state index in [-0.39, 0.29) is 0 Å². The maximum atomic E-state index is 6.25. The molecule has 2 aromatic rings. The van der Waals surface area contributed by atoms with Crippen molar-refractivity contribution in [3.63, 3.8) is 0 Å². The maximum Gasteiger partial charge on any atom is 0.0853 e. The van der Waals surface area contributed by atoms with Gasteiger partial charge in [0, 0.05) is 12.6 Å². The van der Waals surface area contributed by atoms with Gasteiger partial charge < -0.3 is 5.32 Å². The fraction of sp³-hybridized carbons (Fsp3) is 0.385. The SMILES string of the molecule is Cc1ccc(-n2nncc2CNC(C)C)c(Cl)c1. The predicted octanol–water partition coefficient (Wildman–Crippen LogP) is 2.73. The Bertz CT molecular complexity index is 534. The van der Waals surface area contributed by atoms with Gasteiger partial charge in [-0.3, -0.25) is 0 Å². The van der Waals surface area contributed by atoms with Crippen LogP contribution in [0.25, 0.3) is 5.69 Å². The molecular weight excluding hydrogens is 248 g/mol. The summed E-state index contributed by atoms with van der Waals surface area (Å²) in [6, 6.07) is 6.33. The van der Waals surface area contributed by atoms with E-state index in [0.29, 0.717) is 11.1 Å². The Hall–Kier alpha value is -1.39. The minimum Gasteiger partial charge on any atom is -0.309 e. The molecule has 4 nitrogen and oxygen atoms in total. The summed E-state index contributed by atoms with van der Waals surface area (Å²) in [5, 5.41) is 12.1. The largest absolute Gasteiger partial charge is 0.309 e. The normalized spacial score (nSPS) is 11.2. The first-order valence-corrected chi connectivity index (χ1v) is 6.35. The zero-order valence-corrected chi connectivity index (χ0v) is 11.6. The molecule has 0 aliphatic carbocycles. The second-order valence-electron chi connectivity index (χ2n) is 4.63. The molecule has 0 bridgehead atoms. The van der Waals surface area contributed by atoms with Crippen molar-refractivity contribution in [2.45, 2.75) is 33.4 Å². The number of nitrogens with one attached hydrogen (secondary N) is 1. The van der Waals surface area contributed by atoms with Crippen molar-refractivity contribution in [2.24, 2.45) is 0 Å². The van der Waals surface area contributed by atoms with Crippen LogP contribution in [-0.2, 0) is 6.54 Å². The first-order chi connectivity index (χ1) is 8.58. The maximum absolute atomic E-state index is 6.25. The van der Waals surface area contributed by atoms with E-state index in [1.54, 1.807) is 10.9 Å². The van der Waals surface area contributed by atoms with Gasteiger partial charge in [-0.2, -0.15) is 0 Å². The molecule has 1 aromatic carbocycles. The lowest BCUT2D eigenvalue weighted by molar-refractivity contribution is 0.570. The van der Waals surface area contributed by atoms with Crippen molar-refractivity contribution < 1.29 is 0 Å². The van der Waals surface area contributed by atoms with Crippen LogP contribution in [-0.4, -0.2) is 21.0 Å². The Morgan fingerprint density at radius 2 is 2.17 bits per heavy atom. The number of aryl methyl sites for hydroxylation is 1. The molecule has 1 aromatic heterocycles.